The summed E-state index contributed by atoms with van der Waals surface area (Å²) in [5.41, 5.74) is 0. The second kappa shape index (κ2) is 12.2. The smallest absolute Gasteiger partial charge is 0.114 e. The number of fused-ring (bicyclic) bond motifs is 2. The number of hydrogen-bond donors (Lipinski definition) is 1. The van der Waals surface area contributed by atoms with E-state index in [-0.39, 0.29) is 12.3 Å². The molecule has 5 rings (SSSR count). The van der Waals surface area contributed by atoms with Crippen molar-refractivity contribution in [2.24, 2.45) is 11.8 Å². The summed E-state index contributed by atoms with van der Waals surface area (Å²) in [5.74, 6) is 1.27. The van der Waals surface area contributed by atoms with Crippen LogP contribution >= 0.6 is 0 Å². The van der Waals surface area contributed by atoms with E-state index in [1.807, 2.05) is 0 Å². The number of rotatable bonds is 0. The van der Waals surface area contributed by atoms with Gasteiger partial charge >= 0.3 is 0 Å². The minimum absolute atomic E-state index is 0.163. The fraction of sp³-hybridized carbons (Fsp3) is 1.00. The van der Waals surface area contributed by atoms with Crippen molar-refractivity contribution in [2.45, 2.75) is 140 Å². The van der Waals surface area contributed by atoms with Crippen LogP contribution in [0.3, 0.4) is 0 Å². The lowest BCUT2D eigenvalue weighted by Gasteiger charge is -2.48. The van der Waals surface area contributed by atoms with Crippen molar-refractivity contribution in [1.82, 2.24) is 9.80 Å². The zero-order valence-electron chi connectivity index (χ0n) is 21.0. The van der Waals surface area contributed by atoms with Crippen LogP contribution < -0.4 is 0 Å². The molecule has 190 valence electrons. The van der Waals surface area contributed by atoms with E-state index in [0.29, 0.717) is 24.4 Å². The lowest BCUT2D eigenvalue weighted by atomic mass is 9.87. The zero-order chi connectivity index (χ0) is 22.5. The highest BCUT2D eigenvalue weighted by Gasteiger charge is 2.40. The first kappa shape index (κ1) is 24.5. The lowest BCUT2D eigenvalue weighted by Crippen LogP contribution is -2.56. The van der Waals surface area contributed by atoms with Gasteiger partial charge in [-0.3, -0.25) is 9.80 Å². The fourth-order valence-electron chi connectivity index (χ4n) is 7.58. The summed E-state index contributed by atoms with van der Waals surface area (Å²) >= 11 is 0. The predicted molar refractivity (Wildman–Crippen MR) is 132 cm³/mol. The van der Waals surface area contributed by atoms with Crippen molar-refractivity contribution in [1.29, 1.82) is 0 Å². The Bertz CT molecular complexity index is 589. The van der Waals surface area contributed by atoms with Crippen molar-refractivity contribution in [2.75, 3.05) is 26.2 Å². The molecule has 5 heteroatoms. The number of aliphatic hydroxyl groups is 1. The van der Waals surface area contributed by atoms with Crippen molar-refractivity contribution in [3.63, 3.8) is 0 Å². The van der Waals surface area contributed by atoms with Gasteiger partial charge in [0.25, 0.3) is 0 Å². The van der Waals surface area contributed by atoms with E-state index in [2.05, 4.69) is 9.80 Å². The normalized spacial score (nSPS) is 43.0. The molecule has 7 atom stereocenters. The molecule has 5 nitrogen and oxygen atoms in total. The number of aliphatic hydroxyl groups excluding tert-OH is 1. The highest BCUT2D eigenvalue weighted by molar-refractivity contribution is 4.88. The molecule has 4 bridgehead atoms. The Morgan fingerprint density at radius 1 is 0.515 bits per heavy atom. The molecule has 1 N–H and O–H groups in total. The van der Waals surface area contributed by atoms with E-state index < -0.39 is 0 Å². The largest absolute Gasteiger partial charge is 0.392 e. The van der Waals surface area contributed by atoms with Gasteiger partial charge in [-0.05, 0) is 63.7 Å². The monoisotopic (exact) mass is 462 g/mol. The van der Waals surface area contributed by atoms with Gasteiger partial charge in [0.1, 0.15) is 12.5 Å². The Hall–Kier alpha value is -0.200. The van der Waals surface area contributed by atoms with Crippen molar-refractivity contribution in [3.8, 4) is 0 Å². The second-order valence-electron chi connectivity index (χ2n) is 11.9. The maximum Gasteiger partial charge on any atom is 0.114 e. The van der Waals surface area contributed by atoms with E-state index in [9.17, 15) is 5.11 Å². The minimum atomic E-state index is -0.163. The third kappa shape index (κ3) is 6.52. The molecular weight excluding hydrogens is 412 g/mol. The van der Waals surface area contributed by atoms with Gasteiger partial charge in [0.2, 0.25) is 0 Å². The predicted octanol–water partition coefficient (Wildman–Crippen LogP) is 5.31. The van der Waals surface area contributed by atoms with Crippen LogP contribution in [0, 0.1) is 11.8 Å². The molecule has 5 aliphatic rings. The molecule has 0 spiro atoms. The number of nitrogens with zero attached hydrogens (tertiary/aromatic N) is 2. The van der Waals surface area contributed by atoms with Gasteiger partial charge in [0.05, 0.1) is 18.3 Å². The summed E-state index contributed by atoms with van der Waals surface area (Å²) < 4.78 is 13.4. The Balaban J connectivity index is 1.17. The molecular formula is C28H50N2O3. The third-order valence-electron chi connectivity index (χ3n) is 9.41. The van der Waals surface area contributed by atoms with Crippen LogP contribution in [0.25, 0.3) is 0 Å². The van der Waals surface area contributed by atoms with Crippen LogP contribution in [0.1, 0.15) is 109 Å². The molecule has 5 heterocycles. The topological polar surface area (TPSA) is 45.2 Å². The van der Waals surface area contributed by atoms with E-state index in [4.69, 9.17) is 9.47 Å². The van der Waals surface area contributed by atoms with Crippen molar-refractivity contribution < 1.29 is 14.6 Å². The molecule has 0 saturated carbocycles. The quantitative estimate of drug-likeness (QED) is 0.529. The first-order chi connectivity index (χ1) is 16.3. The van der Waals surface area contributed by atoms with Crippen LogP contribution in [0.2, 0.25) is 0 Å². The molecule has 5 fully saturated rings. The van der Waals surface area contributed by atoms with E-state index >= 15 is 0 Å². The Morgan fingerprint density at radius 2 is 1.06 bits per heavy atom. The maximum atomic E-state index is 10.4. The van der Waals surface area contributed by atoms with Crippen LogP contribution in [-0.4, -0.2) is 71.9 Å². The van der Waals surface area contributed by atoms with Gasteiger partial charge in [-0.2, -0.15) is 0 Å². The van der Waals surface area contributed by atoms with Gasteiger partial charge in [0, 0.05) is 32.1 Å². The van der Waals surface area contributed by atoms with E-state index in [1.165, 1.54) is 109 Å². The van der Waals surface area contributed by atoms with Gasteiger partial charge < -0.3 is 14.6 Å². The highest BCUT2D eigenvalue weighted by atomic mass is 16.5. The average molecular weight is 463 g/mol. The standard InChI is InChI=1S/C28H50N2O3/c31-24-20-23-11-6-2-4-8-13-25-15-18-29-17-9-12-22(27(29)32-25)10-5-1-3-7-14-26-16-19-30(21-24)28(23)33-26/h22-28,31H,1-21H2. The highest BCUT2D eigenvalue weighted by Crippen LogP contribution is 2.36. The molecule has 0 aromatic rings. The molecule has 0 aromatic heterocycles. The summed E-state index contributed by atoms with van der Waals surface area (Å²) in [6.07, 6.45) is 23.2. The molecule has 0 aromatic carbocycles. The average Bonchev–Trinajstić information content (AvgIpc) is 2.83. The second-order valence-corrected chi connectivity index (χ2v) is 11.9. The van der Waals surface area contributed by atoms with Gasteiger partial charge in [-0.25, -0.2) is 0 Å². The number of ether oxygens (including phenoxy) is 2. The molecule has 0 radical (unpaired) electrons. The SMILES string of the molecule is OC1CC2CCCCCCC3CCN4CCCC(CCCCCCC5CCN(C1)C2O5)C4O3. The summed E-state index contributed by atoms with van der Waals surface area (Å²) in [7, 11) is 0. The molecule has 5 saturated heterocycles. The molecule has 0 amide bonds. The van der Waals surface area contributed by atoms with E-state index in [0.717, 1.165) is 31.8 Å². The van der Waals surface area contributed by atoms with Gasteiger partial charge in [-0.1, -0.05) is 51.4 Å². The number of hydrogen-bond acceptors (Lipinski definition) is 5. The zero-order valence-corrected chi connectivity index (χ0v) is 21.0. The fourth-order valence-corrected chi connectivity index (χ4v) is 7.58. The van der Waals surface area contributed by atoms with E-state index in [1.54, 1.807) is 0 Å². The summed E-state index contributed by atoms with van der Waals surface area (Å²) in [6, 6.07) is 0. The lowest BCUT2D eigenvalue weighted by molar-refractivity contribution is -0.198. The molecule has 33 heavy (non-hydrogen) atoms. The molecule has 0 aliphatic carbocycles. The summed E-state index contributed by atoms with van der Waals surface area (Å²) in [6.45, 7) is 4.44. The third-order valence-corrected chi connectivity index (χ3v) is 9.41. The maximum absolute atomic E-state index is 10.4. The summed E-state index contributed by atoms with van der Waals surface area (Å²) in [4.78, 5) is 5.11. The van der Waals surface area contributed by atoms with Crippen molar-refractivity contribution in [3.05, 3.63) is 0 Å². The van der Waals surface area contributed by atoms with Gasteiger partial charge in [0.15, 0.2) is 0 Å². The molecule has 7 unspecified atom stereocenters. The number of piperidine rings is 2. The van der Waals surface area contributed by atoms with Crippen LogP contribution in [0.15, 0.2) is 0 Å². The first-order valence-corrected chi connectivity index (χ1v) is 14.7. The minimum Gasteiger partial charge on any atom is -0.392 e. The van der Waals surface area contributed by atoms with Gasteiger partial charge in [-0.15, -0.1) is 0 Å². The Morgan fingerprint density at radius 3 is 1.76 bits per heavy atom. The van der Waals surface area contributed by atoms with Crippen LogP contribution in [-0.2, 0) is 9.47 Å². The molecule has 5 aliphatic heterocycles. The summed E-state index contributed by atoms with van der Waals surface area (Å²) in [5, 5.41) is 10.4. The van der Waals surface area contributed by atoms with Crippen LogP contribution in [0.5, 0.6) is 0 Å². The first-order valence-electron chi connectivity index (χ1n) is 14.7. The van der Waals surface area contributed by atoms with Crippen LogP contribution in [0.4, 0.5) is 0 Å². The Labute approximate surface area is 202 Å². The Kier molecular flexibility index (Phi) is 9.03. The van der Waals surface area contributed by atoms with Crippen molar-refractivity contribution >= 4 is 0 Å².